The first-order chi connectivity index (χ1) is 6.68. The number of nitrogens with two attached hydrogens (primary N) is 1. The third-order valence-electron chi connectivity index (χ3n) is 3.94. The highest BCUT2D eigenvalue weighted by molar-refractivity contribution is 5.85. The van der Waals surface area contributed by atoms with Crippen LogP contribution in [0.15, 0.2) is 0 Å². The summed E-state index contributed by atoms with van der Waals surface area (Å²) in [5.74, 6) is 0.909. The second-order valence-corrected chi connectivity index (χ2v) is 4.94. The predicted molar refractivity (Wildman–Crippen MR) is 55.7 cm³/mol. The van der Waals surface area contributed by atoms with Gasteiger partial charge >= 0.3 is 0 Å². The van der Waals surface area contributed by atoms with Gasteiger partial charge in [-0.2, -0.15) is 0 Å². The van der Waals surface area contributed by atoms with Crippen molar-refractivity contribution in [1.29, 1.82) is 0 Å². The van der Waals surface area contributed by atoms with Crippen LogP contribution in [-0.4, -0.2) is 18.5 Å². The Balaban J connectivity index is 1.81. The minimum atomic E-state index is -0.183. The minimum Gasteiger partial charge on any atom is -0.353 e. The fraction of sp³-hybridized carbons (Fsp3) is 0.909. The maximum Gasteiger partial charge on any atom is 0.227 e. The topological polar surface area (TPSA) is 55.1 Å². The fourth-order valence-electron chi connectivity index (χ4n) is 2.09. The van der Waals surface area contributed by atoms with Crippen LogP contribution in [-0.2, 0) is 4.79 Å². The summed E-state index contributed by atoms with van der Waals surface area (Å²) < 4.78 is 0. The zero-order valence-electron chi connectivity index (χ0n) is 8.88. The van der Waals surface area contributed by atoms with E-state index in [1.807, 2.05) is 0 Å². The van der Waals surface area contributed by atoms with E-state index in [1.165, 1.54) is 19.3 Å². The molecule has 2 aliphatic carbocycles. The van der Waals surface area contributed by atoms with Gasteiger partial charge in [0.2, 0.25) is 5.91 Å². The SMILES string of the molecule is CC(NC(=O)C1(CN)CC1)C1CCC1. The Hall–Kier alpha value is -0.570. The third kappa shape index (κ3) is 1.65. The standard InChI is InChI=1S/C11H20N2O/c1-8(9-3-2-4-9)13-10(14)11(7-12)5-6-11/h8-9H,2-7,12H2,1H3,(H,13,14). The van der Waals surface area contributed by atoms with Gasteiger partial charge in [0.25, 0.3) is 0 Å². The van der Waals surface area contributed by atoms with Crippen LogP contribution in [0.3, 0.4) is 0 Å². The highest BCUT2D eigenvalue weighted by Gasteiger charge is 2.49. The lowest BCUT2D eigenvalue weighted by Crippen LogP contribution is -2.45. The van der Waals surface area contributed by atoms with Gasteiger partial charge in [-0.05, 0) is 38.5 Å². The highest BCUT2D eigenvalue weighted by atomic mass is 16.2. The van der Waals surface area contributed by atoms with Crippen LogP contribution in [0.1, 0.15) is 39.0 Å². The van der Waals surface area contributed by atoms with Gasteiger partial charge in [0.1, 0.15) is 0 Å². The zero-order chi connectivity index (χ0) is 10.2. The molecule has 1 amide bonds. The average Bonchev–Trinajstić information content (AvgIpc) is 2.80. The van der Waals surface area contributed by atoms with Crippen molar-refractivity contribution in [2.45, 2.75) is 45.1 Å². The molecule has 0 aromatic heterocycles. The number of carbonyl (C=O) groups is 1. The highest BCUT2D eigenvalue weighted by Crippen LogP contribution is 2.45. The number of nitrogens with one attached hydrogen (secondary N) is 1. The first kappa shape index (κ1) is 9.97. The second kappa shape index (κ2) is 3.54. The Morgan fingerprint density at radius 3 is 2.57 bits per heavy atom. The summed E-state index contributed by atoms with van der Waals surface area (Å²) in [4.78, 5) is 11.8. The van der Waals surface area contributed by atoms with Crippen LogP contribution in [0.2, 0.25) is 0 Å². The summed E-state index contributed by atoms with van der Waals surface area (Å²) >= 11 is 0. The number of hydrogen-bond acceptors (Lipinski definition) is 2. The molecule has 0 aromatic rings. The largest absolute Gasteiger partial charge is 0.353 e. The van der Waals surface area contributed by atoms with Gasteiger partial charge in [-0.3, -0.25) is 4.79 Å². The monoisotopic (exact) mass is 196 g/mol. The summed E-state index contributed by atoms with van der Waals surface area (Å²) in [6.07, 6.45) is 5.83. The van der Waals surface area contributed by atoms with Crippen molar-refractivity contribution in [3.63, 3.8) is 0 Å². The summed E-state index contributed by atoms with van der Waals surface area (Å²) in [5, 5.41) is 3.12. The molecule has 0 spiro atoms. The number of carbonyl (C=O) groups excluding carboxylic acids is 1. The molecule has 0 bridgehead atoms. The summed E-state index contributed by atoms with van der Waals surface area (Å²) in [7, 11) is 0. The molecule has 2 aliphatic rings. The van der Waals surface area contributed by atoms with E-state index in [9.17, 15) is 4.79 Å². The molecule has 14 heavy (non-hydrogen) atoms. The van der Waals surface area contributed by atoms with E-state index >= 15 is 0 Å². The average molecular weight is 196 g/mol. The maximum atomic E-state index is 11.8. The predicted octanol–water partition coefficient (Wildman–Crippen LogP) is 1.03. The minimum absolute atomic E-state index is 0.183. The van der Waals surface area contributed by atoms with Crippen molar-refractivity contribution >= 4 is 5.91 Å². The van der Waals surface area contributed by atoms with Crippen molar-refractivity contribution < 1.29 is 4.79 Å². The van der Waals surface area contributed by atoms with E-state index in [4.69, 9.17) is 5.73 Å². The Morgan fingerprint density at radius 2 is 2.21 bits per heavy atom. The van der Waals surface area contributed by atoms with E-state index < -0.39 is 0 Å². The lowest BCUT2D eigenvalue weighted by Gasteiger charge is -2.32. The maximum absolute atomic E-state index is 11.8. The van der Waals surface area contributed by atoms with Crippen LogP contribution in [0.4, 0.5) is 0 Å². The summed E-state index contributed by atoms with van der Waals surface area (Å²) in [6, 6.07) is 0.347. The first-order valence-electron chi connectivity index (χ1n) is 5.69. The van der Waals surface area contributed by atoms with Gasteiger partial charge in [0.15, 0.2) is 0 Å². The Bertz CT molecular complexity index is 231. The van der Waals surface area contributed by atoms with Crippen LogP contribution >= 0.6 is 0 Å². The normalized spacial score (nSPS) is 26.4. The third-order valence-corrected chi connectivity index (χ3v) is 3.94. The summed E-state index contributed by atoms with van der Waals surface area (Å²) in [6.45, 7) is 2.63. The molecule has 2 rings (SSSR count). The molecular formula is C11H20N2O. The lowest BCUT2D eigenvalue weighted by atomic mass is 9.80. The van der Waals surface area contributed by atoms with E-state index in [0.29, 0.717) is 18.5 Å². The van der Waals surface area contributed by atoms with Gasteiger partial charge in [0.05, 0.1) is 5.41 Å². The smallest absolute Gasteiger partial charge is 0.227 e. The summed E-state index contributed by atoms with van der Waals surface area (Å²) in [5.41, 5.74) is 5.42. The van der Waals surface area contributed by atoms with Gasteiger partial charge in [-0.25, -0.2) is 0 Å². The second-order valence-electron chi connectivity index (χ2n) is 4.94. The lowest BCUT2D eigenvalue weighted by molar-refractivity contribution is -0.127. The van der Waals surface area contributed by atoms with Crippen LogP contribution in [0.25, 0.3) is 0 Å². The number of amides is 1. The Labute approximate surface area is 85.4 Å². The van der Waals surface area contributed by atoms with Crippen molar-refractivity contribution in [2.75, 3.05) is 6.54 Å². The van der Waals surface area contributed by atoms with Crippen molar-refractivity contribution in [3.8, 4) is 0 Å². The molecule has 3 heteroatoms. The molecule has 3 nitrogen and oxygen atoms in total. The van der Waals surface area contributed by atoms with E-state index in [1.54, 1.807) is 0 Å². The molecule has 80 valence electrons. The first-order valence-corrected chi connectivity index (χ1v) is 5.69. The van der Waals surface area contributed by atoms with E-state index in [2.05, 4.69) is 12.2 Å². The number of rotatable bonds is 4. The molecule has 3 N–H and O–H groups in total. The van der Waals surface area contributed by atoms with Crippen molar-refractivity contribution in [1.82, 2.24) is 5.32 Å². The molecule has 0 aromatic carbocycles. The number of hydrogen-bond donors (Lipinski definition) is 2. The van der Waals surface area contributed by atoms with E-state index in [0.717, 1.165) is 12.8 Å². The van der Waals surface area contributed by atoms with Gasteiger partial charge < -0.3 is 11.1 Å². The van der Waals surface area contributed by atoms with Gasteiger partial charge in [0, 0.05) is 12.6 Å². The molecular weight excluding hydrogens is 176 g/mol. The molecule has 2 saturated carbocycles. The fourth-order valence-corrected chi connectivity index (χ4v) is 2.09. The molecule has 0 saturated heterocycles. The van der Waals surface area contributed by atoms with Crippen LogP contribution in [0, 0.1) is 11.3 Å². The van der Waals surface area contributed by atoms with Crippen LogP contribution in [0.5, 0.6) is 0 Å². The van der Waals surface area contributed by atoms with Gasteiger partial charge in [-0.1, -0.05) is 6.42 Å². The Morgan fingerprint density at radius 1 is 1.57 bits per heavy atom. The molecule has 0 aliphatic heterocycles. The molecule has 2 fully saturated rings. The van der Waals surface area contributed by atoms with E-state index in [-0.39, 0.29) is 11.3 Å². The van der Waals surface area contributed by atoms with Crippen molar-refractivity contribution in [2.24, 2.45) is 17.1 Å². The molecule has 1 atom stereocenters. The molecule has 0 radical (unpaired) electrons. The molecule has 1 unspecified atom stereocenters. The van der Waals surface area contributed by atoms with Crippen LogP contribution < -0.4 is 11.1 Å². The quantitative estimate of drug-likeness (QED) is 0.705. The van der Waals surface area contributed by atoms with Gasteiger partial charge in [-0.15, -0.1) is 0 Å². The van der Waals surface area contributed by atoms with Crippen molar-refractivity contribution in [3.05, 3.63) is 0 Å². The zero-order valence-corrected chi connectivity index (χ0v) is 8.88. The molecule has 0 heterocycles. The Kier molecular flexibility index (Phi) is 2.52.